The van der Waals surface area contributed by atoms with Crippen LogP contribution in [-0.4, -0.2) is 16.9 Å². The smallest absolute Gasteiger partial charge is 0.307 e. The van der Waals surface area contributed by atoms with E-state index >= 15 is 0 Å². The number of carboxylic acids is 1. The molecule has 2 atom stereocenters. The fourth-order valence-corrected chi connectivity index (χ4v) is 2.13. The van der Waals surface area contributed by atoms with Gasteiger partial charge in [-0.25, -0.2) is 0 Å². The van der Waals surface area contributed by atoms with Crippen molar-refractivity contribution in [2.75, 3.05) is 0 Å². The van der Waals surface area contributed by atoms with Crippen molar-refractivity contribution in [2.24, 2.45) is 17.3 Å². The summed E-state index contributed by atoms with van der Waals surface area (Å²) in [6.07, 6.45) is 1.18. The lowest BCUT2D eigenvalue weighted by Crippen LogP contribution is -2.49. The third-order valence-corrected chi connectivity index (χ3v) is 3.30. The number of aliphatic carboxylic acids is 1. The van der Waals surface area contributed by atoms with Gasteiger partial charge in [0.2, 0.25) is 0 Å². The third-order valence-electron chi connectivity index (χ3n) is 3.30. The van der Waals surface area contributed by atoms with Crippen LogP contribution in [0.5, 0.6) is 0 Å². The van der Waals surface area contributed by atoms with Crippen molar-refractivity contribution in [1.82, 2.24) is 0 Å². The Morgan fingerprint density at radius 3 is 2.31 bits per heavy atom. The summed E-state index contributed by atoms with van der Waals surface area (Å²) in [5, 5.41) is 8.84. The van der Waals surface area contributed by atoms with Gasteiger partial charge in [-0.2, -0.15) is 0 Å². The molecule has 0 amide bonds. The maximum atomic E-state index is 10.9. The van der Waals surface area contributed by atoms with Crippen LogP contribution in [0.15, 0.2) is 0 Å². The number of carboxylic acid groups (broad SMARTS) is 1. The van der Waals surface area contributed by atoms with Crippen LogP contribution < -0.4 is 0 Å². The summed E-state index contributed by atoms with van der Waals surface area (Å²) in [5.74, 6) is -0.588. The second kappa shape index (κ2) is 3.13. The Bertz CT molecular complexity index is 243. The van der Waals surface area contributed by atoms with Gasteiger partial charge in [0.15, 0.2) is 0 Å². The molecular formula is C10H16O3. The van der Waals surface area contributed by atoms with E-state index in [1.54, 1.807) is 6.92 Å². The third kappa shape index (κ3) is 1.74. The minimum Gasteiger partial charge on any atom is -0.481 e. The molecule has 0 heterocycles. The second-order valence-corrected chi connectivity index (χ2v) is 4.55. The largest absolute Gasteiger partial charge is 0.481 e. The van der Waals surface area contributed by atoms with E-state index in [9.17, 15) is 9.59 Å². The lowest BCUT2D eigenvalue weighted by atomic mass is 9.53. The summed E-state index contributed by atoms with van der Waals surface area (Å²) in [5.41, 5.74) is -0.211. The molecule has 0 aromatic rings. The molecule has 3 nitrogen and oxygen atoms in total. The molecule has 0 aromatic heterocycles. The molecule has 74 valence electrons. The van der Waals surface area contributed by atoms with Gasteiger partial charge in [0.25, 0.3) is 0 Å². The molecule has 0 saturated heterocycles. The summed E-state index contributed by atoms with van der Waals surface area (Å²) < 4.78 is 0. The first-order valence-electron chi connectivity index (χ1n) is 4.58. The van der Waals surface area contributed by atoms with E-state index < -0.39 is 5.97 Å². The van der Waals surface area contributed by atoms with Gasteiger partial charge in [0, 0.05) is 6.42 Å². The fourth-order valence-electron chi connectivity index (χ4n) is 2.13. The van der Waals surface area contributed by atoms with Gasteiger partial charge >= 0.3 is 5.97 Å². The predicted octanol–water partition coefficient (Wildman–Crippen LogP) is 1.71. The summed E-state index contributed by atoms with van der Waals surface area (Å²) in [6.45, 7) is 5.43. The minimum absolute atomic E-state index is 0.155. The molecular weight excluding hydrogens is 168 g/mol. The first kappa shape index (κ1) is 10.2. The summed E-state index contributed by atoms with van der Waals surface area (Å²) in [6, 6.07) is 0. The quantitative estimate of drug-likeness (QED) is 0.726. The van der Waals surface area contributed by atoms with Crippen molar-refractivity contribution in [2.45, 2.75) is 33.6 Å². The molecule has 0 aromatic carbocycles. The van der Waals surface area contributed by atoms with Crippen molar-refractivity contribution in [3.05, 3.63) is 0 Å². The molecule has 1 fully saturated rings. The molecule has 0 spiro atoms. The lowest BCUT2D eigenvalue weighted by Gasteiger charge is -2.49. The maximum absolute atomic E-state index is 10.9. The molecule has 1 N–H and O–H groups in total. The average molecular weight is 184 g/mol. The van der Waals surface area contributed by atoms with Crippen LogP contribution in [-0.2, 0) is 9.59 Å². The number of hydrogen-bond donors (Lipinski definition) is 1. The Morgan fingerprint density at radius 1 is 1.46 bits per heavy atom. The molecule has 0 bridgehead atoms. The van der Waals surface area contributed by atoms with Crippen LogP contribution in [0.1, 0.15) is 33.6 Å². The summed E-state index contributed by atoms with van der Waals surface area (Å²) in [7, 11) is 0. The van der Waals surface area contributed by atoms with Gasteiger partial charge in [0.05, 0.1) is 5.92 Å². The van der Waals surface area contributed by atoms with Gasteiger partial charge < -0.3 is 9.90 Å². The zero-order chi connectivity index (χ0) is 10.2. The Labute approximate surface area is 78.1 Å². The Hall–Kier alpha value is -0.860. The van der Waals surface area contributed by atoms with Crippen LogP contribution >= 0.6 is 0 Å². The molecule has 13 heavy (non-hydrogen) atoms. The van der Waals surface area contributed by atoms with Gasteiger partial charge in [-0.1, -0.05) is 13.8 Å². The highest BCUT2D eigenvalue weighted by atomic mass is 16.4. The topological polar surface area (TPSA) is 54.4 Å². The monoisotopic (exact) mass is 184 g/mol. The van der Waals surface area contributed by atoms with E-state index in [0.717, 1.165) is 0 Å². The van der Waals surface area contributed by atoms with Crippen LogP contribution in [0.4, 0.5) is 0 Å². The van der Waals surface area contributed by atoms with Gasteiger partial charge in [0.1, 0.15) is 5.78 Å². The maximum Gasteiger partial charge on any atom is 0.307 e. The Balaban J connectivity index is 2.59. The molecule has 0 radical (unpaired) electrons. The summed E-state index contributed by atoms with van der Waals surface area (Å²) in [4.78, 5) is 21.6. The normalized spacial score (nSPS) is 30.7. The number of rotatable bonds is 3. The van der Waals surface area contributed by atoms with Crippen molar-refractivity contribution in [3.8, 4) is 0 Å². The number of carbonyl (C=O) groups excluding carboxylic acids is 1. The van der Waals surface area contributed by atoms with Crippen molar-refractivity contribution >= 4 is 11.8 Å². The van der Waals surface area contributed by atoms with Crippen LogP contribution in [0.3, 0.4) is 0 Å². The van der Waals surface area contributed by atoms with Crippen molar-refractivity contribution in [3.63, 3.8) is 0 Å². The van der Waals surface area contributed by atoms with Crippen molar-refractivity contribution < 1.29 is 14.7 Å². The molecule has 1 aliphatic rings. The first-order chi connectivity index (χ1) is 5.85. The van der Waals surface area contributed by atoms with Gasteiger partial charge in [-0.15, -0.1) is 0 Å². The molecule has 1 aliphatic carbocycles. The standard InChI is InChI=1S/C10H16O3/c1-6(11)4-7-5-8(9(12)13)10(7,2)3/h7-8H,4-5H2,1-3H3,(H,12,13). The molecule has 1 saturated carbocycles. The Kier molecular flexibility index (Phi) is 2.46. The van der Waals surface area contributed by atoms with E-state index in [2.05, 4.69) is 0 Å². The number of Topliss-reactive ketones (excluding diaryl/α,β-unsaturated/α-hetero) is 1. The highest BCUT2D eigenvalue weighted by Gasteiger charge is 2.51. The van der Waals surface area contributed by atoms with E-state index in [-0.39, 0.29) is 23.0 Å². The van der Waals surface area contributed by atoms with E-state index in [0.29, 0.717) is 12.8 Å². The Morgan fingerprint density at radius 2 is 2.00 bits per heavy atom. The molecule has 1 rings (SSSR count). The minimum atomic E-state index is -0.732. The van der Waals surface area contributed by atoms with Crippen molar-refractivity contribution in [1.29, 1.82) is 0 Å². The van der Waals surface area contributed by atoms with Gasteiger partial charge in [-0.3, -0.25) is 4.79 Å². The number of ketones is 1. The van der Waals surface area contributed by atoms with Crippen LogP contribution in [0, 0.1) is 17.3 Å². The highest BCUT2D eigenvalue weighted by molar-refractivity contribution is 5.77. The number of hydrogen-bond acceptors (Lipinski definition) is 2. The average Bonchev–Trinajstić information content (AvgIpc) is 1.96. The van der Waals surface area contributed by atoms with E-state index in [4.69, 9.17) is 5.11 Å². The van der Waals surface area contributed by atoms with E-state index in [1.807, 2.05) is 13.8 Å². The predicted molar refractivity (Wildman–Crippen MR) is 48.3 cm³/mol. The molecule has 2 unspecified atom stereocenters. The van der Waals surface area contributed by atoms with Crippen LogP contribution in [0.25, 0.3) is 0 Å². The molecule has 3 heteroatoms. The first-order valence-corrected chi connectivity index (χ1v) is 4.58. The van der Waals surface area contributed by atoms with Crippen LogP contribution in [0.2, 0.25) is 0 Å². The summed E-state index contributed by atoms with van der Waals surface area (Å²) >= 11 is 0. The van der Waals surface area contributed by atoms with E-state index in [1.165, 1.54) is 0 Å². The highest BCUT2D eigenvalue weighted by Crippen LogP contribution is 2.52. The second-order valence-electron chi connectivity index (χ2n) is 4.55. The van der Waals surface area contributed by atoms with Gasteiger partial charge in [-0.05, 0) is 24.7 Å². The SMILES string of the molecule is CC(=O)CC1CC(C(=O)O)C1(C)C. The fraction of sp³-hybridized carbons (Fsp3) is 0.800. The zero-order valence-electron chi connectivity index (χ0n) is 8.33. The number of carbonyl (C=O) groups is 2. The zero-order valence-corrected chi connectivity index (χ0v) is 8.33. The molecule has 0 aliphatic heterocycles. The lowest BCUT2D eigenvalue weighted by molar-refractivity contribution is -0.160.